The maximum atomic E-state index is 12.0. The molecule has 5 nitrogen and oxygen atoms in total. The molecule has 1 aromatic carbocycles. The van der Waals surface area contributed by atoms with Crippen LogP contribution in [0, 0.1) is 5.92 Å². The van der Waals surface area contributed by atoms with E-state index in [1.165, 1.54) is 4.90 Å². The number of amides is 2. The summed E-state index contributed by atoms with van der Waals surface area (Å²) in [6.45, 7) is 4.20. The summed E-state index contributed by atoms with van der Waals surface area (Å²) in [6, 6.07) is 6.79. The van der Waals surface area contributed by atoms with Gasteiger partial charge in [-0.3, -0.25) is 4.79 Å². The predicted molar refractivity (Wildman–Crippen MR) is 77.7 cm³/mol. The Bertz CT molecular complexity index is 477. The minimum atomic E-state index is -1.03. The summed E-state index contributed by atoms with van der Waals surface area (Å²) >= 11 is 6.00. The maximum absolute atomic E-state index is 12.0. The van der Waals surface area contributed by atoms with E-state index in [0.29, 0.717) is 11.6 Å². The van der Waals surface area contributed by atoms with E-state index in [1.54, 1.807) is 6.07 Å². The second-order valence-electron chi connectivity index (χ2n) is 4.92. The Morgan fingerprint density at radius 2 is 2.00 bits per heavy atom. The Morgan fingerprint density at radius 3 is 2.55 bits per heavy atom. The first-order valence-corrected chi connectivity index (χ1v) is 6.76. The van der Waals surface area contributed by atoms with Crippen molar-refractivity contribution in [1.29, 1.82) is 0 Å². The molecule has 0 saturated heterocycles. The number of hydrogen-bond acceptors (Lipinski definition) is 2. The van der Waals surface area contributed by atoms with Gasteiger partial charge < -0.3 is 15.3 Å². The summed E-state index contributed by atoms with van der Waals surface area (Å²) in [5.41, 5.74) is 0.794. The molecule has 0 bridgehead atoms. The predicted octanol–water partition coefficient (Wildman–Crippen LogP) is 2.59. The van der Waals surface area contributed by atoms with Crippen LogP contribution in [0.1, 0.15) is 19.4 Å². The monoisotopic (exact) mass is 298 g/mol. The van der Waals surface area contributed by atoms with E-state index >= 15 is 0 Å². The fourth-order valence-electron chi connectivity index (χ4n) is 1.75. The fourth-order valence-corrected chi connectivity index (χ4v) is 1.95. The van der Waals surface area contributed by atoms with Crippen LogP contribution in [-0.2, 0) is 11.3 Å². The fraction of sp³-hybridized carbons (Fsp3) is 0.429. The SMILES string of the molecule is CC(C)CN(CC(=O)O)C(=O)NCc1ccccc1Cl. The van der Waals surface area contributed by atoms with E-state index in [2.05, 4.69) is 5.32 Å². The molecular formula is C14H19ClN2O3. The lowest BCUT2D eigenvalue weighted by atomic mass is 10.2. The van der Waals surface area contributed by atoms with Crippen LogP contribution in [0.3, 0.4) is 0 Å². The first-order valence-electron chi connectivity index (χ1n) is 6.38. The second kappa shape index (κ2) is 7.75. The van der Waals surface area contributed by atoms with Crippen LogP contribution in [0.25, 0.3) is 0 Å². The average Bonchev–Trinajstić information content (AvgIpc) is 2.35. The Balaban J connectivity index is 2.62. The molecule has 1 rings (SSSR count). The summed E-state index contributed by atoms with van der Waals surface area (Å²) in [7, 11) is 0. The minimum Gasteiger partial charge on any atom is -0.480 e. The van der Waals surface area contributed by atoms with Gasteiger partial charge in [0.15, 0.2) is 0 Å². The smallest absolute Gasteiger partial charge is 0.323 e. The molecule has 0 aliphatic carbocycles. The molecule has 0 fully saturated rings. The van der Waals surface area contributed by atoms with Crippen molar-refractivity contribution in [3.05, 3.63) is 34.9 Å². The molecule has 1 aromatic rings. The molecule has 0 spiro atoms. The van der Waals surface area contributed by atoms with Crippen LogP contribution in [0.2, 0.25) is 5.02 Å². The highest BCUT2D eigenvalue weighted by Gasteiger charge is 2.17. The van der Waals surface area contributed by atoms with E-state index in [-0.39, 0.29) is 19.0 Å². The highest BCUT2D eigenvalue weighted by molar-refractivity contribution is 6.31. The van der Waals surface area contributed by atoms with Crippen molar-refractivity contribution in [3.63, 3.8) is 0 Å². The zero-order valence-corrected chi connectivity index (χ0v) is 12.4. The van der Waals surface area contributed by atoms with Crippen LogP contribution >= 0.6 is 11.6 Å². The van der Waals surface area contributed by atoms with Crippen LogP contribution in [0.15, 0.2) is 24.3 Å². The summed E-state index contributed by atoms with van der Waals surface area (Å²) < 4.78 is 0. The number of aliphatic carboxylic acids is 1. The Hall–Kier alpha value is -1.75. The third kappa shape index (κ3) is 5.48. The largest absolute Gasteiger partial charge is 0.480 e. The second-order valence-corrected chi connectivity index (χ2v) is 5.33. The number of rotatable bonds is 6. The third-order valence-electron chi connectivity index (χ3n) is 2.59. The Labute approximate surface area is 123 Å². The van der Waals surface area contributed by atoms with Crippen molar-refractivity contribution in [1.82, 2.24) is 10.2 Å². The molecule has 0 unspecified atom stereocenters. The number of carbonyl (C=O) groups excluding carboxylic acids is 1. The van der Waals surface area contributed by atoms with E-state index in [4.69, 9.17) is 16.7 Å². The number of carboxylic acids is 1. The van der Waals surface area contributed by atoms with Gasteiger partial charge in [-0.15, -0.1) is 0 Å². The van der Waals surface area contributed by atoms with Gasteiger partial charge in [-0.1, -0.05) is 43.6 Å². The van der Waals surface area contributed by atoms with Crippen LogP contribution < -0.4 is 5.32 Å². The minimum absolute atomic E-state index is 0.195. The Morgan fingerprint density at radius 1 is 1.35 bits per heavy atom. The molecule has 0 aromatic heterocycles. The van der Waals surface area contributed by atoms with E-state index < -0.39 is 12.0 Å². The number of nitrogens with one attached hydrogen (secondary N) is 1. The van der Waals surface area contributed by atoms with E-state index in [9.17, 15) is 9.59 Å². The molecule has 0 aliphatic heterocycles. The number of urea groups is 1. The van der Waals surface area contributed by atoms with Gasteiger partial charge in [0.05, 0.1) is 0 Å². The van der Waals surface area contributed by atoms with Gasteiger partial charge in [-0.05, 0) is 17.5 Å². The number of nitrogens with zero attached hydrogens (tertiary/aromatic N) is 1. The van der Waals surface area contributed by atoms with Crippen LogP contribution in [0.4, 0.5) is 4.79 Å². The molecule has 0 radical (unpaired) electrons. The molecule has 110 valence electrons. The zero-order chi connectivity index (χ0) is 15.1. The van der Waals surface area contributed by atoms with Crippen molar-refractivity contribution >= 4 is 23.6 Å². The van der Waals surface area contributed by atoms with Gasteiger partial charge >= 0.3 is 12.0 Å². The third-order valence-corrected chi connectivity index (χ3v) is 2.96. The topological polar surface area (TPSA) is 69.6 Å². The lowest BCUT2D eigenvalue weighted by Gasteiger charge is -2.23. The van der Waals surface area contributed by atoms with Gasteiger partial charge in [0.1, 0.15) is 6.54 Å². The first-order chi connectivity index (χ1) is 9.40. The summed E-state index contributed by atoms with van der Waals surface area (Å²) in [6.07, 6.45) is 0. The number of hydrogen-bond donors (Lipinski definition) is 2. The maximum Gasteiger partial charge on any atom is 0.323 e. The summed E-state index contributed by atoms with van der Waals surface area (Å²) in [5, 5.41) is 12.1. The molecule has 20 heavy (non-hydrogen) atoms. The molecule has 0 atom stereocenters. The highest BCUT2D eigenvalue weighted by atomic mass is 35.5. The van der Waals surface area contributed by atoms with Crippen molar-refractivity contribution in [2.24, 2.45) is 5.92 Å². The quantitative estimate of drug-likeness (QED) is 0.848. The molecule has 0 saturated carbocycles. The molecule has 0 aliphatic rings. The molecule has 2 amide bonds. The number of carbonyl (C=O) groups is 2. The Kier molecular flexibility index (Phi) is 6.31. The normalized spacial score (nSPS) is 10.4. The van der Waals surface area contributed by atoms with Crippen LogP contribution in [0.5, 0.6) is 0 Å². The first kappa shape index (κ1) is 16.3. The zero-order valence-electron chi connectivity index (χ0n) is 11.6. The van der Waals surface area contributed by atoms with Crippen molar-refractivity contribution in [2.45, 2.75) is 20.4 Å². The van der Waals surface area contributed by atoms with Gasteiger partial charge in [0.2, 0.25) is 0 Å². The standard InChI is InChI=1S/C14H19ClN2O3/c1-10(2)8-17(9-13(18)19)14(20)16-7-11-5-3-4-6-12(11)15/h3-6,10H,7-9H2,1-2H3,(H,16,20)(H,18,19). The molecule has 2 N–H and O–H groups in total. The van der Waals surface area contributed by atoms with Crippen molar-refractivity contribution < 1.29 is 14.7 Å². The van der Waals surface area contributed by atoms with Gasteiger partial charge in [0, 0.05) is 18.1 Å². The van der Waals surface area contributed by atoms with E-state index in [1.807, 2.05) is 32.0 Å². The molecule has 6 heteroatoms. The lowest BCUT2D eigenvalue weighted by Crippen LogP contribution is -2.44. The summed E-state index contributed by atoms with van der Waals surface area (Å²) in [4.78, 5) is 24.1. The average molecular weight is 299 g/mol. The van der Waals surface area contributed by atoms with Crippen molar-refractivity contribution in [3.8, 4) is 0 Å². The number of benzene rings is 1. The van der Waals surface area contributed by atoms with Gasteiger partial charge in [-0.2, -0.15) is 0 Å². The van der Waals surface area contributed by atoms with Gasteiger partial charge in [0.25, 0.3) is 0 Å². The van der Waals surface area contributed by atoms with E-state index in [0.717, 1.165) is 5.56 Å². The van der Waals surface area contributed by atoms with Crippen LogP contribution in [-0.4, -0.2) is 35.1 Å². The van der Waals surface area contributed by atoms with Gasteiger partial charge in [-0.25, -0.2) is 4.79 Å². The number of carboxylic acid groups (broad SMARTS) is 1. The molecular weight excluding hydrogens is 280 g/mol. The summed E-state index contributed by atoms with van der Waals surface area (Å²) in [5.74, 6) is -0.834. The molecule has 0 heterocycles. The van der Waals surface area contributed by atoms with Crippen molar-refractivity contribution in [2.75, 3.05) is 13.1 Å². The highest BCUT2D eigenvalue weighted by Crippen LogP contribution is 2.14. The number of halogens is 1. The lowest BCUT2D eigenvalue weighted by molar-refractivity contribution is -0.137.